The molecule has 0 saturated heterocycles. The minimum Gasteiger partial charge on any atom is -0.497 e. The number of benzene rings is 1. The van der Waals surface area contributed by atoms with Crippen LogP contribution in [0.3, 0.4) is 0 Å². The van der Waals surface area contributed by atoms with E-state index in [1.165, 1.54) is 4.57 Å². The van der Waals surface area contributed by atoms with E-state index in [4.69, 9.17) is 4.74 Å². The maximum absolute atomic E-state index is 13.0. The summed E-state index contributed by atoms with van der Waals surface area (Å²) in [5.74, 6) is 0.427. The molecule has 0 spiro atoms. The van der Waals surface area contributed by atoms with Crippen molar-refractivity contribution < 1.29 is 9.84 Å². The monoisotopic (exact) mass is 366 g/mol. The predicted molar refractivity (Wildman–Crippen MR) is 101 cm³/mol. The largest absolute Gasteiger partial charge is 0.497 e. The Labute approximate surface area is 157 Å². The number of methoxy groups -OCH3 is 1. The van der Waals surface area contributed by atoms with Crippen molar-refractivity contribution in [1.29, 1.82) is 5.26 Å². The van der Waals surface area contributed by atoms with Crippen LogP contribution in [0.4, 0.5) is 11.4 Å². The molecule has 7 heteroatoms. The number of ether oxygens (including phenoxy) is 1. The van der Waals surface area contributed by atoms with Gasteiger partial charge in [-0.3, -0.25) is 9.36 Å². The van der Waals surface area contributed by atoms with Crippen molar-refractivity contribution in [2.45, 2.75) is 45.1 Å². The summed E-state index contributed by atoms with van der Waals surface area (Å²) >= 11 is 0. The van der Waals surface area contributed by atoms with Crippen LogP contribution in [0.5, 0.6) is 11.6 Å². The molecule has 0 amide bonds. The Kier molecular flexibility index (Phi) is 5.55. The number of aromatic hydroxyl groups is 1. The van der Waals surface area contributed by atoms with Crippen molar-refractivity contribution >= 4 is 11.4 Å². The van der Waals surface area contributed by atoms with Crippen molar-refractivity contribution in [2.24, 2.45) is 10.2 Å². The number of rotatable bonds is 4. The summed E-state index contributed by atoms with van der Waals surface area (Å²) in [4.78, 5) is 13.0. The molecule has 1 N–H and O–H groups in total. The molecule has 27 heavy (non-hydrogen) atoms. The molecule has 0 radical (unpaired) electrons. The van der Waals surface area contributed by atoms with Crippen molar-refractivity contribution in [3.05, 3.63) is 45.7 Å². The summed E-state index contributed by atoms with van der Waals surface area (Å²) in [6.45, 7) is 1.60. The number of aromatic nitrogens is 1. The van der Waals surface area contributed by atoms with Gasteiger partial charge >= 0.3 is 0 Å². The maximum Gasteiger partial charge on any atom is 0.281 e. The Morgan fingerprint density at radius 3 is 2.44 bits per heavy atom. The zero-order valence-corrected chi connectivity index (χ0v) is 15.5. The fourth-order valence-corrected chi connectivity index (χ4v) is 3.46. The molecule has 0 atom stereocenters. The van der Waals surface area contributed by atoms with Gasteiger partial charge in [0.25, 0.3) is 5.56 Å². The van der Waals surface area contributed by atoms with E-state index < -0.39 is 5.56 Å². The first-order valence-electron chi connectivity index (χ1n) is 9.00. The lowest BCUT2D eigenvalue weighted by Crippen LogP contribution is -2.27. The second-order valence-electron chi connectivity index (χ2n) is 6.65. The van der Waals surface area contributed by atoms with Crippen LogP contribution in [0.1, 0.15) is 49.3 Å². The van der Waals surface area contributed by atoms with Crippen LogP contribution in [-0.2, 0) is 0 Å². The van der Waals surface area contributed by atoms with Gasteiger partial charge in [-0.1, -0.05) is 19.3 Å². The third-order valence-corrected chi connectivity index (χ3v) is 4.99. The van der Waals surface area contributed by atoms with Crippen LogP contribution >= 0.6 is 0 Å². The second kappa shape index (κ2) is 8.04. The summed E-state index contributed by atoms with van der Waals surface area (Å²) in [5, 5.41) is 28.2. The Morgan fingerprint density at radius 1 is 1.19 bits per heavy atom. The zero-order chi connectivity index (χ0) is 19.4. The van der Waals surface area contributed by atoms with Crippen LogP contribution in [0.2, 0.25) is 0 Å². The lowest BCUT2D eigenvalue weighted by Gasteiger charge is -2.25. The third-order valence-electron chi connectivity index (χ3n) is 4.99. The van der Waals surface area contributed by atoms with Crippen LogP contribution in [0.15, 0.2) is 39.3 Å². The summed E-state index contributed by atoms with van der Waals surface area (Å²) in [6.07, 6.45) is 4.71. The van der Waals surface area contributed by atoms with E-state index in [1.807, 2.05) is 6.07 Å². The molecule has 0 bridgehead atoms. The average Bonchev–Trinajstić information content (AvgIpc) is 2.69. The molecule has 0 unspecified atom stereocenters. The van der Waals surface area contributed by atoms with E-state index in [9.17, 15) is 15.2 Å². The molecular formula is C20H22N4O3. The zero-order valence-electron chi connectivity index (χ0n) is 15.5. The number of nitriles is 1. The lowest BCUT2D eigenvalue weighted by atomic mass is 9.94. The molecular weight excluding hydrogens is 344 g/mol. The smallest absolute Gasteiger partial charge is 0.281 e. The minimum absolute atomic E-state index is 0.0730. The molecule has 2 aromatic rings. The number of hydrogen-bond donors (Lipinski definition) is 1. The number of azo groups is 1. The molecule has 0 aliphatic heterocycles. The summed E-state index contributed by atoms with van der Waals surface area (Å²) in [6, 6.07) is 8.83. The van der Waals surface area contributed by atoms with Crippen LogP contribution in [-0.4, -0.2) is 16.8 Å². The van der Waals surface area contributed by atoms with Crippen molar-refractivity contribution in [3.63, 3.8) is 0 Å². The first-order valence-corrected chi connectivity index (χ1v) is 9.00. The van der Waals surface area contributed by atoms with Crippen LogP contribution in [0.25, 0.3) is 0 Å². The van der Waals surface area contributed by atoms with E-state index in [0.717, 1.165) is 32.1 Å². The average molecular weight is 366 g/mol. The predicted octanol–water partition coefficient (Wildman–Crippen LogP) is 4.66. The first-order chi connectivity index (χ1) is 13.1. The van der Waals surface area contributed by atoms with E-state index in [2.05, 4.69) is 10.2 Å². The summed E-state index contributed by atoms with van der Waals surface area (Å²) in [5.41, 5.74) is 0.650. The maximum atomic E-state index is 13.0. The highest BCUT2D eigenvalue weighted by Gasteiger charge is 2.25. The second-order valence-corrected chi connectivity index (χ2v) is 6.65. The van der Waals surface area contributed by atoms with E-state index in [-0.39, 0.29) is 23.2 Å². The van der Waals surface area contributed by atoms with Crippen LogP contribution < -0.4 is 10.3 Å². The van der Waals surface area contributed by atoms with Crippen LogP contribution in [0, 0.1) is 18.3 Å². The van der Waals surface area contributed by atoms with Gasteiger partial charge in [-0.2, -0.15) is 10.4 Å². The SMILES string of the molecule is COc1ccc(N=Nc2c(C)c(C#N)c(O)n(C3CCCCC3)c2=O)cc1. The molecule has 140 valence electrons. The van der Waals surface area contributed by atoms with Gasteiger partial charge in [-0.05, 0) is 44.0 Å². The van der Waals surface area contributed by atoms with Crippen molar-refractivity contribution in [2.75, 3.05) is 7.11 Å². The first kappa shape index (κ1) is 18.6. The number of nitrogens with zero attached hydrogens (tertiary/aromatic N) is 4. The molecule has 3 rings (SSSR count). The Hall–Kier alpha value is -3.14. The Morgan fingerprint density at radius 2 is 1.85 bits per heavy atom. The highest BCUT2D eigenvalue weighted by Crippen LogP contribution is 2.34. The highest BCUT2D eigenvalue weighted by molar-refractivity contribution is 5.57. The van der Waals surface area contributed by atoms with Gasteiger partial charge in [-0.25, -0.2) is 0 Å². The molecule has 1 aliphatic carbocycles. The number of hydrogen-bond acceptors (Lipinski definition) is 6. The fraction of sp³-hybridized carbons (Fsp3) is 0.400. The molecule has 1 aromatic carbocycles. The summed E-state index contributed by atoms with van der Waals surface area (Å²) < 4.78 is 6.43. The van der Waals surface area contributed by atoms with Crippen molar-refractivity contribution in [1.82, 2.24) is 4.57 Å². The van der Waals surface area contributed by atoms with Gasteiger partial charge in [0.15, 0.2) is 5.69 Å². The Bertz CT molecular complexity index is 949. The van der Waals surface area contributed by atoms with Gasteiger partial charge in [0.2, 0.25) is 5.88 Å². The van der Waals surface area contributed by atoms with E-state index >= 15 is 0 Å². The normalized spacial score (nSPS) is 15.0. The minimum atomic E-state index is -0.409. The quantitative estimate of drug-likeness (QED) is 0.795. The van der Waals surface area contributed by atoms with Gasteiger partial charge in [0.05, 0.1) is 12.8 Å². The molecule has 1 heterocycles. The van der Waals surface area contributed by atoms with Gasteiger partial charge in [0.1, 0.15) is 17.4 Å². The third kappa shape index (κ3) is 3.70. The van der Waals surface area contributed by atoms with Crippen molar-refractivity contribution in [3.8, 4) is 17.7 Å². The van der Waals surface area contributed by atoms with E-state index in [0.29, 0.717) is 17.0 Å². The van der Waals surface area contributed by atoms with Gasteiger partial charge < -0.3 is 9.84 Å². The topological polar surface area (TPSA) is 100.0 Å². The molecule has 7 nitrogen and oxygen atoms in total. The molecule has 1 fully saturated rings. The fourth-order valence-electron chi connectivity index (χ4n) is 3.46. The highest BCUT2D eigenvalue weighted by atomic mass is 16.5. The lowest BCUT2D eigenvalue weighted by molar-refractivity contribution is 0.303. The Balaban J connectivity index is 2.07. The molecule has 1 aliphatic rings. The standard InChI is InChI=1S/C20H22N4O3/c1-13-17(12-21)19(25)24(15-6-4-3-5-7-15)20(26)18(13)23-22-14-8-10-16(27-2)11-9-14/h8-11,15,25H,3-7H2,1-2H3. The van der Waals surface area contributed by atoms with E-state index in [1.54, 1.807) is 38.3 Å². The molecule has 1 saturated carbocycles. The molecule has 1 aromatic heterocycles. The summed E-state index contributed by atoms with van der Waals surface area (Å²) in [7, 11) is 1.58. The number of pyridine rings is 1. The van der Waals surface area contributed by atoms with Gasteiger partial charge in [-0.15, -0.1) is 5.11 Å². The van der Waals surface area contributed by atoms with Gasteiger partial charge in [0, 0.05) is 11.6 Å².